The van der Waals surface area contributed by atoms with Crippen LogP contribution in [0.15, 0.2) is 12.1 Å². The number of fused-ring (bicyclic) bond motifs is 3. The van der Waals surface area contributed by atoms with Gasteiger partial charge in [-0.15, -0.1) is 0 Å². The first kappa shape index (κ1) is 22.5. The molecule has 1 aromatic carbocycles. The van der Waals surface area contributed by atoms with E-state index < -0.39 is 23.8 Å². The van der Waals surface area contributed by atoms with Crippen molar-refractivity contribution in [3.8, 4) is 0 Å². The van der Waals surface area contributed by atoms with E-state index in [9.17, 15) is 23.5 Å². The van der Waals surface area contributed by atoms with Gasteiger partial charge < -0.3 is 20.2 Å². The Kier molecular flexibility index (Phi) is 6.09. The van der Waals surface area contributed by atoms with E-state index in [4.69, 9.17) is 11.6 Å². The number of anilines is 1. The van der Waals surface area contributed by atoms with Crippen LogP contribution in [0.3, 0.4) is 0 Å². The second-order valence-electron chi connectivity index (χ2n) is 8.23. The van der Waals surface area contributed by atoms with E-state index in [0.717, 1.165) is 11.8 Å². The molecule has 2 aliphatic heterocycles. The molecule has 0 saturated heterocycles. The summed E-state index contributed by atoms with van der Waals surface area (Å²) >= 11 is 5.70. The highest BCUT2D eigenvalue weighted by molar-refractivity contribution is 6.31. The average Bonchev–Trinajstić information content (AvgIpc) is 3.06. The molecule has 32 heavy (non-hydrogen) atoms. The number of carbonyl (C=O) groups excluding carboxylic acids is 2. The van der Waals surface area contributed by atoms with Gasteiger partial charge in [-0.05, 0) is 12.5 Å². The quantitative estimate of drug-likeness (QED) is 0.679. The topological polar surface area (TPSA) is 90.7 Å². The molecule has 2 atom stereocenters. The van der Waals surface area contributed by atoms with Crippen LogP contribution < -0.4 is 5.32 Å². The number of benzene rings is 1. The van der Waals surface area contributed by atoms with Crippen molar-refractivity contribution in [3.63, 3.8) is 0 Å². The highest BCUT2D eigenvalue weighted by atomic mass is 35.5. The smallest absolute Gasteiger partial charge is 0.322 e. The number of aliphatic hydroxyl groups excluding tert-OH is 1. The van der Waals surface area contributed by atoms with Gasteiger partial charge in [-0.2, -0.15) is 5.10 Å². The molecule has 3 amide bonds. The molecule has 2 N–H and O–H groups in total. The van der Waals surface area contributed by atoms with Crippen LogP contribution in [0.1, 0.15) is 35.1 Å². The molecule has 0 fully saturated rings. The molecule has 2 aliphatic rings. The van der Waals surface area contributed by atoms with Crippen LogP contribution in [0.2, 0.25) is 5.02 Å². The van der Waals surface area contributed by atoms with Crippen molar-refractivity contribution >= 4 is 29.2 Å². The second kappa shape index (κ2) is 8.67. The Morgan fingerprint density at radius 2 is 2.09 bits per heavy atom. The molecule has 0 spiro atoms. The lowest BCUT2D eigenvalue weighted by molar-refractivity contribution is 0.0626. The fourth-order valence-electron chi connectivity index (χ4n) is 4.26. The first-order valence-electron chi connectivity index (χ1n) is 10.4. The van der Waals surface area contributed by atoms with E-state index >= 15 is 0 Å². The number of halogens is 3. The highest BCUT2D eigenvalue weighted by Gasteiger charge is 2.36. The predicted octanol–water partition coefficient (Wildman–Crippen LogP) is 2.88. The number of hydrogen-bond acceptors (Lipinski definition) is 4. The summed E-state index contributed by atoms with van der Waals surface area (Å²) in [5.74, 6) is -2.22. The third-order valence-electron chi connectivity index (χ3n) is 6.07. The van der Waals surface area contributed by atoms with Crippen molar-refractivity contribution in [1.29, 1.82) is 0 Å². The van der Waals surface area contributed by atoms with Gasteiger partial charge in [-0.3, -0.25) is 9.48 Å². The van der Waals surface area contributed by atoms with Crippen LogP contribution in [-0.2, 0) is 19.5 Å². The monoisotopic (exact) mass is 467 g/mol. The fourth-order valence-corrected chi connectivity index (χ4v) is 4.42. The van der Waals surface area contributed by atoms with Gasteiger partial charge >= 0.3 is 6.03 Å². The number of rotatable bonds is 3. The maximum atomic E-state index is 14.0. The molecule has 2 aromatic rings. The molecule has 1 unspecified atom stereocenters. The van der Waals surface area contributed by atoms with Gasteiger partial charge in [0, 0.05) is 50.7 Å². The standard InChI is InChI=1S/C21H24ClF2N5O3/c1-3-18(30)11-8-27(2)20(31)19-12-10-28(5-4-16(12)26-29(19)9-11)21(32)25-17-6-13(22)14(23)7-15(17)24/h6-7,11,18,30H,3-5,8-10H2,1-2H3,(H,25,32)/t11?,18-/m1/s1. The van der Waals surface area contributed by atoms with Crippen molar-refractivity contribution in [2.45, 2.75) is 39.0 Å². The molecule has 11 heteroatoms. The minimum atomic E-state index is -0.935. The van der Waals surface area contributed by atoms with Gasteiger partial charge in [0.05, 0.1) is 29.1 Å². The Morgan fingerprint density at radius 3 is 2.81 bits per heavy atom. The SMILES string of the molecule is CC[C@@H](O)C1CN(C)C(=O)c2c3c(nn2C1)CCN(C(=O)Nc1cc(Cl)c(F)cc1F)C3. The maximum absolute atomic E-state index is 14.0. The zero-order chi connectivity index (χ0) is 23.2. The van der Waals surface area contributed by atoms with Crippen LogP contribution in [-0.4, -0.2) is 62.9 Å². The summed E-state index contributed by atoms with van der Waals surface area (Å²) in [5, 5.41) is 17.1. The minimum absolute atomic E-state index is 0.119. The normalized spacial score (nSPS) is 19.3. The number of nitrogens with one attached hydrogen (secondary N) is 1. The molecule has 3 heterocycles. The van der Waals surface area contributed by atoms with E-state index in [0.29, 0.717) is 49.8 Å². The third kappa shape index (κ3) is 4.04. The summed E-state index contributed by atoms with van der Waals surface area (Å²) in [7, 11) is 1.68. The van der Waals surface area contributed by atoms with Gasteiger partial charge in [0.2, 0.25) is 0 Å². The molecule has 0 saturated carbocycles. The lowest BCUT2D eigenvalue weighted by Gasteiger charge is -2.28. The average molecular weight is 468 g/mol. The summed E-state index contributed by atoms with van der Waals surface area (Å²) in [6.45, 7) is 3.13. The fraction of sp³-hybridized carbons (Fsp3) is 0.476. The van der Waals surface area contributed by atoms with Gasteiger partial charge in [-0.1, -0.05) is 18.5 Å². The first-order chi connectivity index (χ1) is 15.2. The molecular weight excluding hydrogens is 444 g/mol. The highest BCUT2D eigenvalue weighted by Crippen LogP contribution is 2.29. The Hall–Kier alpha value is -2.72. The number of aliphatic hydroxyl groups is 1. The van der Waals surface area contributed by atoms with Crippen LogP contribution in [0.25, 0.3) is 0 Å². The zero-order valence-corrected chi connectivity index (χ0v) is 18.5. The van der Waals surface area contributed by atoms with Crippen LogP contribution in [0, 0.1) is 17.6 Å². The largest absolute Gasteiger partial charge is 0.393 e. The summed E-state index contributed by atoms with van der Waals surface area (Å²) in [6, 6.07) is 1.04. The number of hydrogen-bond donors (Lipinski definition) is 2. The number of amides is 3. The third-order valence-corrected chi connectivity index (χ3v) is 6.36. The second-order valence-corrected chi connectivity index (χ2v) is 8.63. The molecule has 0 bridgehead atoms. The zero-order valence-electron chi connectivity index (χ0n) is 17.7. The van der Waals surface area contributed by atoms with Gasteiger partial charge in [-0.25, -0.2) is 13.6 Å². The van der Waals surface area contributed by atoms with Gasteiger partial charge in [0.15, 0.2) is 0 Å². The van der Waals surface area contributed by atoms with Crippen molar-refractivity contribution in [2.24, 2.45) is 5.92 Å². The lowest BCUT2D eigenvalue weighted by Crippen LogP contribution is -2.40. The first-order valence-corrected chi connectivity index (χ1v) is 10.8. The molecule has 1 aromatic heterocycles. The van der Waals surface area contributed by atoms with Crippen molar-refractivity contribution in [3.05, 3.63) is 45.7 Å². The van der Waals surface area contributed by atoms with Gasteiger partial charge in [0.1, 0.15) is 17.3 Å². The van der Waals surface area contributed by atoms with E-state index in [2.05, 4.69) is 10.4 Å². The number of nitrogens with zero attached hydrogens (tertiary/aromatic N) is 4. The summed E-state index contributed by atoms with van der Waals surface area (Å²) in [4.78, 5) is 28.8. The Morgan fingerprint density at radius 1 is 1.34 bits per heavy atom. The predicted molar refractivity (Wildman–Crippen MR) is 113 cm³/mol. The minimum Gasteiger partial charge on any atom is -0.393 e. The van der Waals surface area contributed by atoms with Gasteiger partial charge in [0.25, 0.3) is 5.91 Å². The molecule has 8 nitrogen and oxygen atoms in total. The van der Waals surface area contributed by atoms with E-state index in [1.165, 1.54) is 4.90 Å². The lowest BCUT2D eigenvalue weighted by atomic mass is 10.0. The molecule has 172 valence electrons. The van der Waals surface area contributed by atoms with E-state index in [-0.39, 0.29) is 29.1 Å². The van der Waals surface area contributed by atoms with E-state index in [1.54, 1.807) is 16.6 Å². The summed E-state index contributed by atoms with van der Waals surface area (Å²) < 4.78 is 29.1. The maximum Gasteiger partial charge on any atom is 0.322 e. The molecule has 4 rings (SSSR count). The molecule has 0 aliphatic carbocycles. The van der Waals surface area contributed by atoms with Crippen LogP contribution in [0.4, 0.5) is 19.3 Å². The molecule has 0 radical (unpaired) electrons. The Labute approximate surface area is 188 Å². The summed E-state index contributed by atoms with van der Waals surface area (Å²) in [6.07, 6.45) is 0.436. The molecular formula is C21H24ClF2N5O3. The van der Waals surface area contributed by atoms with Crippen molar-refractivity contribution in [2.75, 3.05) is 25.5 Å². The Bertz CT molecular complexity index is 1080. The van der Waals surface area contributed by atoms with Crippen molar-refractivity contribution in [1.82, 2.24) is 19.6 Å². The van der Waals surface area contributed by atoms with Crippen LogP contribution >= 0.6 is 11.6 Å². The summed E-state index contributed by atoms with van der Waals surface area (Å²) in [5.41, 5.74) is 1.55. The number of aromatic nitrogens is 2. The van der Waals surface area contributed by atoms with Crippen LogP contribution in [0.5, 0.6) is 0 Å². The van der Waals surface area contributed by atoms with E-state index in [1.807, 2.05) is 6.92 Å². The number of carbonyl (C=O) groups is 2. The van der Waals surface area contributed by atoms with Crippen molar-refractivity contribution < 1.29 is 23.5 Å². The Balaban J connectivity index is 1.58. The number of urea groups is 1.